The Bertz CT molecular complexity index is 697. The van der Waals surface area contributed by atoms with Crippen molar-refractivity contribution < 1.29 is 0 Å². The molecule has 3 rings (SSSR count). The van der Waals surface area contributed by atoms with E-state index in [1.807, 2.05) is 12.1 Å². The highest BCUT2D eigenvalue weighted by Gasteiger charge is 2.13. The molecule has 0 atom stereocenters. The average Bonchev–Trinajstić information content (AvgIpc) is 3.01. The molecule has 2 aromatic rings. The fourth-order valence-electron chi connectivity index (χ4n) is 2.37. The van der Waals surface area contributed by atoms with E-state index in [2.05, 4.69) is 50.0 Å². The molecule has 106 valence electrons. The molecule has 0 spiro atoms. The summed E-state index contributed by atoms with van der Waals surface area (Å²) in [6.07, 6.45) is 2.67. The summed E-state index contributed by atoms with van der Waals surface area (Å²) >= 11 is 0. The summed E-state index contributed by atoms with van der Waals surface area (Å²) in [5.74, 6) is 0.280. The second-order valence-electron chi connectivity index (χ2n) is 5.02. The van der Waals surface area contributed by atoms with Crippen LogP contribution in [0.3, 0.4) is 0 Å². The van der Waals surface area contributed by atoms with E-state index in [1.165, 1.54) is 11.1 Å². The van der Waals surface area contributed by atoms with Gasteiger partial charge in [-0.15, -0.1) is 10.2 Å². The third kappa shape index (κ3) is 2.90. The molecule has 2 N–H and O–H groups in total. The zero-order chi connectivity index (χ0) is 14.7. The number of tetrazole rings is 1. The monoisotopic (exact) mass is 281 g/mol. The fraction of sp³-hybridized carbons (Fsp3) is 0.286. The topological polar surface area (TPSA) is 93.5 Å². The van der Waals surface area contributed by atoms with E-state index in [-0.39, 0.29) is 5.82 Å². The molecule has 0 fully saturated rings. The van der Waals surface area contributed by atoms with Gasteiger partial charge in [-0.2, -0.15) is 10.5 Å². The average molecular weight is 281 g/mol. The highest BCUT2D eigenvalue weighted by Crippen LogP contribution is 2.22. The Morgan fingerprint density at radius 2 is 2.38 bits per heavy atom. The maximum atomic E-state index is 9.12. The first-order chi connectivity index (χ1) is 10.3. The minimum Gasteiger partial charge on any atom is -0.360 e. The number of nitrogens with one attached hydrogen (secondary N) is 2. The number of nitriles is 1. The van der Waals surface area contributed by atoms with Gasteiger partial charge in [0.1, 0.15) is 11.6 Å². The maximum absolute atomic E-state index is 9.12. The van der Waals surface area contributed by atoms with Crippen LogP contribution in [0.5, 0.6) is 0 Å². The summed E-state index contributed by atoms with van der Waals surface area (Å²) < 4.78 is 0. The number of aromatic amines is 1. The van der Waals surface area contributed by atoms with Gasteiger partial charge in [0.25, 0.3) is 0 Å². The Morgan fingerprint density at radius 1 is 1.48 bits per heavy atom. The predicted molar refractivity (Wildman–Crippen MR) is 77.9 cm³/mol. The molecule has 1 aromatic heterocycles. The van der Waals surface area contributed by atoms with Crippen molar-refractivity contribution >= 4 is 11.3 Å². The molecule has 0 radical (unpaired) electrons. The molecule has 0 saturated heterocycles. The third-order valence-corrected chi connectivity index (χ3v) is 3.50. The van der Waals surface area contributed by atoms with Crippen LogP contribution in [0.25, 0.3) is 5.57 Å². The Labute approximate surface area is 122 Å². The molecular formula is C14H15N7. The first kappa shape index (κ1) is 13.3. The number of hydrogen-bond acceptors (Lipinski definition) is 6. The van der Waals surface area contributed by atoms with Crippen molar-refractivity contribution in [2.45, 2.75) is 13.0 Å². The quantitative estimate of drug-likeness (QED) is 0.820. The van der Waals surface area contributed by atoms with E-state index in [9.17, 15) is 0 Å². The van der Waals surface area contributed by atoms with Crippen LogP contribution >= 0.6 is 0 Å². The SMILES string of the molecule is CN1CCc2ccc(NC=C(C#N)c3nn[nH]n3)cc2C1. The number of nitrogens with zero attached hydrogens (tertiary/aromatic N) is 5. The van der Waals surface area contributed by atoms with Crippen LogP contribution in [0.2, 0.25) is 0 Å². The van der Waals surface area contributed by atoms with Crippen molar-refractivity contribution in [2.75, 3.05) is 18.9 Å². The molecule has 21 heavy (non-hydrogen) atoms. The fourth-order valence-corrected chi connectivity index (χ4v) is 2.37. The molecule has 0 bridgehead atoms. The molecule has 1 aliphatic rings. The number of hydrogen-bond donors (Lipinski definition) is 2. The Kier molecular flexibility index (Phi) is 3.62. The molecule has 1 aliphatic heterocycles. The highest BCUT2D eigenvalue weighted by molar-refractivity contribution is 5.74. The number of rotatable bonds is 3. The zero-order valence-corrected chi connectivity index (χ0v) is 11.7. The normalized spacial score (nSPS) is 15.3. The van der Waals surface area contributed by atoms with Crippen LogP contribution < -0.4 is 5.32 Å². The highest BCUT2D eigenvalue weighted by atomic mass is 15.5. The van der Waals surface area contributed by atoms with Crippen LogP contribution in [0.15, 0.2) is 24.4 Å². The largest absolute Gasteiger partial charge is 0.360 e. The first-order valence-electron chi connectivity index (χ1n) is 6.67. The molecule has 7 nitrogen and oxygen atoms in total. The number of likely N-dealkylation sites (N-methyl/N-ethyl adjacent to an activating group) is 1. The molecule has 2 heterocycles. The van der Waals surface area contributed by atoms with Crippen LogP contribution in [0.1, 0.15) is 17.0 Å². The molecule has 0 amide bonds. The van der Waals surface area contributed by atoms with Gasteiger partial charge >= 0.3 is 0 Å². The Morgan fingerprint density at radius 3 is 3.14 bits per heavy atom. The summed E-state index contributed by atoms with van der Waals surface area (Å²) in [5, 5.41) is 25.6. The standard InChI is InChI=1S/C14H15N7/c1-21-5-4-10-2-3-13(6-11(10)9-21)16-8-12(7-15)14-17-19-20-18-14/h2-3,6,8,16H,4-5,9H2,1H3,(H,17,18,19,20). The Balaban J connectivity index is 1.79. The zero-order valence-electron chi connectivity index (χ0n) is 11.7. The van der Waals surface area contributed by atoms with Gasteiger partial charge in [-0.05, 0) is 41.9 Å². The van der Waals surface area contributed by atoms with Crippen molar-refractivity contribution in [1.82, 2.24) is 25.5 Å². The molecular weight excluding hydrogens is 266 g/mol. The molecule has 0 unspecified atom stereocenters. The minimum absolute atomic E-state index is 0.280. The lowest BCUT2D eigenvalue weighted by molar-refractivity contribution is 0.313. The maximum Gasteiger partial charge on any atom is 0.216 e. The van der Waals surface area contributed by atoms with Gasteiger partial charge in [0.15, 0.2) is 0 Å². The molecule has 0 saturated carbocycles. The van der Waals surface area contributed by atoms with Crippen LogP contribution in [0.4, 0.5) is 5.69 Å². The molecule has 1 aromatic carbocycles. The van der Waals surface area contributed by atoms with Gasteiger partial charge in [0.2, 0.25) is 5.82 Å². The van der Waals surface area contributed by atoms with Crippen molar-refractivity contribution in [2.24, 2.45) is 0 Å². The van der Waals surface area contributed by atoms with Crippen LogP contribution in [0, 0.1) is 11.3 Å². The van der Waals surface area contributed by atoms with E-state index in [0.717, 1.165) is 25.2 Å². The molecule has 0 aliphatic carbocycles. The number of fused-ring (bicyclic) bond motifs is 1. The summed E-state index contributed by atoms with van der Waals surface area (Å²) in [6.45, 7) is 2.04. The Hall–Kier alpha value is -2.72. The summed E-state index contributed by atoms with van der Waals surface area (Å²) in [6, 6.07) is 8.32. The van der Waals surface area contributed by atoms with E-state index >= 15 is 0 Å². The second kappa shape index (κ2) is 5.73. The lowest BCUT2D eigenvalue weighted by Gasteiger charge is -2.25. The van der Waals surface area contributed by atoms with Crippen molar-refractivity contribution in [3.8, 4) is 6.07 Å². The minimum atomic E-state index is 0.280. The first-order valence-corrected chi connectivity index (χ1v) is 6.67. The van der Waals surface area contributed by atoms with E-state index < -0.39 is 0 Å². The number of allylic oxidation sites excluding steroid dienone is 1. The van der Waals surface area contributed by atoms with Gasteiger partial charge < -0.3 is 10.2 Å². The number of benzene rings is 1. The van der Waals surface area contributed by atoms with Gasteiger partial charge in [-0.3, -0.25) is 0 Å². The smallest absolute Gasteiger partial charge is 0.216 e. The summed E-state index contributed by atoms with van der Waals surface area (Å²) in [5.41, 5.74) is 3.99. The number of H-pyrrole nitrogens is 1. The van der Waals surface area contributed by atoms with E-state index in [1.54, 1.807) is 6.20 Å². The van der Waals surface area contributed by atoms with Crippen molar-refractivity contribution in [3.63, 3.8) is 0 Å². The molecule has 7 heteroatoms. The van der Waals surface area contributed by atoms with Gasteiger partial charge in [-0.25, -0.2) is 0 Å². The van der Waals surface area contributed by atoms with Crippen molar-refractivity contribution in [1.29, 1.82) is 5.26 Å². The van der Waals surface area contributed by atoms with Gasteiger partial charge in [-0.1, -0.05) is 6.07 Å². The van der Waals surface area contributed by atoms with E-state index in [4.69, 9.17) is 5.26 Å². The second-order valence-corrected chi connectivity index (χ2v) is 5.02. The number of anilines is 1. The van der Waals surface area contributed by atoms with Crippen LogP contribution in [-0.4, -0.2) is 39.1 Å². The predicted octanol–water partition coefficient (Wildman–Crippen LogP) is 1.16. The third-order valence-electron chi connectivity index (χ3n) is 3.50. The lowest BCUT2D eigenvalue weighted by atomic mass is 9.99. The summed E-state index contributed by atoms with van der Waals surface area (Å²) in [4.78, 5) is 2.29. The lowest BCUT2D eigenvalue weighted by Crippen LogP contribution is -2.26. The van der Waals surface area contributed by atoms with Gasteiger partial charge in [0, 0.05) is 25.0 Å². The summed E-state index contributed by atoms with van der Waals surface area (Å²) in [7, 11) is 2.12. The van der Waals surface area contributed by atoms with E-state index in [0.29, 0.717) is 5.57 Å². The number of aromatic nitrogens is 4. The van der Waals surface area contributed by atoms with Crippen molar-refractivity contribution in [3.05, 3.63) is 41.4 Å². The van der Waals surface area contributed by atoms with Gasteiger partial charge in [0.05, 0.1) is 0 Å². The van der Waals surface area contributed by atoms with Crippen LogP contribution in [-0.2, 0) is 13.0 Å².